The highest BCUT2D eigenvalue weighted by atomic mass is 33.1. The molecule has 226 valence electrons. The van der Waals surface area contributed by atoms with Crippen molar-refractivity contribution in [1.82, 2.24) is 20.1 Å². The lowest BCUT2D eigenvalue weighted by molar-refractivity contribution is 0.307. The molecule has 2 N–H and O–H groups in total. The number of aromatic hydroxyl groups is 1. The smallest absolute Gasteiger partial charge is 0.203 e. The number of aromatic nitrogens is 3. The lowest BCUT2D eigenvalue weighted by atomic mass is 9.78. The summed E-state index contributed by atoms with van der Waals surface area (Å²) < 4.78 is 2.33. The second-order valence-corrected chi connectivity index (χ2v) is 16.0. The second-order valence-electron chi connectivity index (χ2n) is 13.6. The molecule has 0 saturated carbocycles. The van der Waals surface area contributed by atoms with Gasteiger partial charge in [-0.05, 0) is 66.0 Å². The number of nitrogens with zero attached hydrogens (tertiary/aromatic N) is 3. The Morgan fingerprint density at radius 2 is 1.43 bits per heavy atom. The molecule has 1 aromatic heterocycles. The number of piperidine rings is 1. The number of phenols is 1. The second kappa shape index (κ2) is 15.9. The van der Waals surface area contributed by atoms with Gasteiger partial charge in [0.1, 0.15) is 5.75 Å². The molecule has 1 atom stereocenters. The summed E-state index contributed by atoms with van der Waals surface area (Å²) in [5, 5.41) is 25.5. The largest absolute Gasteiger partial charge is 0.507 e. The van der Waals surface area contributed by atoms with Gasteiger partial charge in [0.25, 0.3) is 0 Å². The van der Waals surface area contributed by atoms with Crippen LogP contribution in [0.3, 0.4) is 0 Å². The highest BCUT2D eigenvalue weighted by Gasteiger charge is 2.30. The molecule has 2 aromatic rings. The maximum absolute atomic E-state index is 11.3. The van der Waals surface area contributed by atoms with Crippen molar-refractivity contribution >= 4 is 21.6 Å². The van der Waals surface area contributed by atoms with Crippen LogP contribution in [0.1, 0.15) is 149 Å². The first-order valence-corrected chi connectivity index (χ1v) is 18.2. The van der Waals surface area contributed by atoms with E-state index in [-0.39, 0.29) is 17.0 Å². The predicted molar refractivity (Wildman–Crippen MR) is 176 cm³/mol. The standard InChI is InChI=1S/C33H56N4OS2/c1-8-9-10-11-12-13-14-15-16-19-22-39-40-31-36-35-30(37(31)28-20-17-18-21-34-28)25-23-26(32(2,3)4)29(38)27(24-25)33(5,6)7/h23-24,28,34,38H,8-22H2,1-7H3. The van der Waals surface area contributed by atoms with Crippen molar-refractivity contribution in [3.63, 3.8) is 0 Å². The molecular formula is C33H56N4OS2. The van der Waals surface area contributed by atoms with E-state index in [4.69, 9.17) is 10.2 Å². The van der Waals surface area contributed by atoms with Crippen molar-refractivity contribution in [2.24, 2.45) is 0 Å². The Bertz CT molecular complexity index is 997. The van der Waals surface area contributed by atoms with E-state index in [0.29, 0.717) is 5.75 Å². The summed E-state index contributed by atoms with van der Waals surface area (Å²) in [5.41, 5.74) is 2.60. The van der Waals surface area contributed by atoms with Crippen LogP contribution >= 0.6 is 21.6 Å². The van der Waals surface area contributed by atoms with E-state index in [9.17, 15) is 5.11 Å². The zero-order chi connectivity index (χ0) is 29.2. The Morgan fingerprint density at radius 3 is 1.95 bits per heavy atom. The van der Waals surface area contributed by atoms with Gasteiger partial charge in [-0.15, -0.1) is 10.2 Å². The van der Waals surface area contributed by atoms with Crippen molar-refractivity contribution in [2.75, 3.05) is 12.3 Å². The fraction of sp³-hybridized carbons (Fsp3) is 0.758. The highest BCUT2D eigenvalue weighted by Crippen LogP contribution is 2.43. The van der Waals surface area contributed by atoms with Crippen LogP contribution < -0.4 is 5.32 Å². The molecule has 1 aliphatic heterocycles. The van der Waals surface area contributed by atoms with Gasteiger partial charge in [0, 0.05) is 22.4 Å². The van der Waals surface area contributed by atoms with Crippen molar-refractivity contribution in [2.45, 2.75) is 154 Å². The van der Waals surface area contributed by atoms with Gasteiger partial charge in [0.2, 0.25) is 5.16 Å². The third-order valence-electron chi connectivity index (χ3n) is 7.96. The average Bonchev–Trinajstić information content (AvgIpc) is 3.32. The number of phenolic OH excluding ortho intramolecular Hbond substituents is 1. The number of nitrogens with one attached hydrogen (secondary N) is 1. The molecule has 7 heteroatoms. The monoisotopic (exact) mass is 588 g/mol. The highest BCUT2D eigenvalue weighted by molar-refractivity contribution is 8.76. The van der Waals surface area contributed by atoms with Crippen LogP contribution in [0.2, 0.25) is 0 Å². The fourth-order valence-corrected chi connectivity index (χ4v) is 7.65. The molecule has 1 unspecified atom stereocenters. The first kappa shape index (κ1) is 33.3. The Morgan fingerprint density at radius 1 is 0.850 bits per heavy atom. The summed E-state index contributed by atoms with van der Waals surface area (Å²) in [5.74, 6) is 2.45. The maximum atomic E-state index is 11.3. The average molecular weight is 589 g/mol. The third kappa shape index (κ3) is 9.69. The minimum atomic E-state index is -0.184. The normalized spacial score (nSPS) is 16.5. The summed E-state index contributed by atoms with van der Waals surface area (Å²) in [6.07, 6.45) is 17.4. The molecule has 1 fully saturated rings. The predicted octanol–water partition coefficient (Wildman–Crippen LogP) is 10.2. The van der Waals surface area contributed by atoms with Crippen LogP contribution in [-0.2, 0) is 10.8 Å². The lowest BCUT2D eigenvalue weighted by Crippen LogP contribution is -2.32. The molecule has 5 nitrogen and oxygen atoms in total. The Kier molecular flexibility index (Phi) is 13.2. The van der Waals surface area contributed by atoms with E-state index in [2.05, 4.69) is 70.5 Å². The molecule has 3 rings (SSSR count). The van der Waals surface area contributed by atoms with Crippen LogP contribution in [0.15, 0.2) is 17.3 Å². The summed E-state index contributed by atoms with van der Waals surface area (Å²) in [4.78, 5) is 0. The molecule has 0 bridgehead atoms. The molecule has 2 heterocycles. The SMILES string of the molecule is CCCCCCCCCCCCSSc1nnc(-c2cc(C(C)(C)C)c(O)c(C(C)(C)C)c2)n1C1CCCCN1. The number of unbranched alkanes of at least 4 members (excludes halogenated alkanes) is 9. The number of hydrogen-bond donors (Lipinski definition) is 2. The molecular weight excluding hydrogens is 533 g/mol. The van der Waals surface area contributed by atoms with Crippen LogP contribution in [0.4, 0.5) is 0 Å². The van der Waals surface area contributed by atoms with Crippen LogP contribution in [-0.4, -0.2) is 32.2 Å². The van der Waals surface area contributed by atoms with Gasteiger partial charge < -0.3 is 5.11 Å². The minimum Gasteiger partial charge on any atom is -0.507 e. The van der Waals surface area contributed by atoms with E-state index in [1.807, 2.05) is 10.8 Å². The van der Waals surface area contributed by atoms with E-state index in [0.717, 1.165) is 46.4 Å². The summed E-state index contributed by atoms with van der Waals surface area (Å²) in [6, 6.07) is 4.28. The molecule has 1 aliphatic rings. The van der Waals surface area contributed by atoms with E-state index in [1.165, 1.54) is 77.0 Å². The summed E-state index contributed by atoms with van der Waals surface area (Å²) in [7, 11) is 3.69. The fourth-order valence-electron chi connectivity index (χ4n) is 5.52. The molecule has 1 saturated heterocycles. The molecule has 1 aromatic carbocycles. The molecule has 0 amide bonds. The number of rotatable bonds is 15. The van der Waals surface area contributed by atoms with E-state index >= 15 is 0 Å². The van der Waals surface area contributed by atoms with Gasteiger partial charge in [-0.25, -0.2) is 0 Å². The summed E-state index contributed by atoms with van der Waals surface area (Å²) >= 11 is 0. The van der Waals surface area contributed by atoms with Gasteiger partial charge in [-0.3, -0.25) is 9.88 Å². The Labute approximate surface area is 252 Å². The Balaban J connectivity index is 1.70. The zero-order valence-corrected chi connectivity index (χ0v) is 28.1. The lowest BCUT2D eigenvalue weighted by Gasteiger charge is -2.29. The molecule has 40 heavy (non-hydrogen) atoms. The van der Waals surface area contributed by atoms with Gasteiger partial charge >= 0.3 is 0 Å². The van der Waals surface area contributed by atoms with Crippen LogP contribution in [0, 0.1) is 0 Å². The number of benzene rings is 1. The Hall–Kier alpha value is -1.18. The van der Waals surface area contributed by atoms with Crippen LogP contribution in [0.25, 0.3) is 11.4 Å². The van der Waals surface area contributed by atoms with Crippen molar-refractivity contribution < 1.29 is 5.11 Å². The van der Waals surface area contributed by atoms with Gasteiger partial charge in [0.05, 0.1) is 6.17 Å². The molecule has 0 spiro atoms. The van der Waals surface area contributed by atoms with Gasteiger partial charge in [-0.2, -0.15) is 0 Å². The number of hydrogen-bond acceptors (Lipinski definition) is 6. The zero-order valence-electron chi connectivity index (χ0n) is 26.4. The van der Waals surface area contributed by atoms with Gasteiger partial charge in [0.15, 0.2) is 5.82 Å². The van der Waals surface area contributed by atoms with Crippen molar-refractivity contribution in [3.05, 3.63) is 23.3 Å². The third-order valence-corrected chi connectivity index (χ3v) is 10.3. The minimum absolute atomic E-state index is 0.184. The topological polar surface area (TPSA) is 63.0 Å². The first-order valence-electron chi connectivity index (χ1n) is 15.9. The van der Waals surface area contributed by atoms with E-state index < -0.39 is 0 Å². The van der Waals surface area contributed by atoms with Crippen LogP contribution in [0.5, 0.6) is 5.75 Å². The maximum Gasteiger partial charge on any atom is 0.203 e. The molecule has 0 radical (unpaired) electrons. The first-order chi connectivity index (χ1) is 19.0. The molecule has 0 aliphatic carbocycles. The van der Waals surface area contributed by atoms with E-state index in [1.54, 1.807) is 10.8 Å². The van der Waals surface area contributed by atoms with Gasteiger partial charge in [-0.1, -0.05) is 117 Å². The van der Waals surface area contributed by atoms with Crippen molar-refractivity contribution in [1.29, 1.82) is 0 Å². The van der Waals surface area contributed by atoms with Crippen molar-refractivity contribution in [3.8, 4) is 17.1 Å². The quantitative estimate of drug-likeness (QED) is 0.159. The summed E-state index contributed by atoms with van der Waals surface area (Å²) in [6.45, 7) is 16.3.